The van der Waals surface area contributed by atoms with E-state index in [2.05, 4.69) is 6.07 Å². The van der Waals surface area contributed by atoms with Crippen LogP contribution in [0.4, 0.5) is 4.79 Å². The minimum absolute atomic E-state index is 0.454. The second-order valence-electron chi connectivity index (χ2n) is 2.96. The van der Waals surface area contributed by atoms with Gasteiger partial charge in [-0.05, 0) is 30.7 Å². The molecule has 0 saturated carbocycles. The van der Waals surface area contributed by atoms with E-state index >= 15 is 0 Å². The van der Waals surface area contributed by atoms with E-state index in [0.29, 0.717) is 0 Å². The number of hydrogen-bond donors (Lipinski definition) is 1. The van der Waals surface area contributed by atoms with Gasteiger partial charge in [0.1, 0.15) is 0 Å². The van der Waals surface area contributed by atoms with Crippen LogP contribution in [-0.4, -0.2) is 10.6 Å². The van der Waals surface area contributed by atoms with E-state index in [0.717, 1.165) is 16.5 Å². The molecule has 0 aliphatic heterocycles. The highest BCUT2D eigenvalue weighted by Crippen LogP contribution is 2.19. The van der Waals surface area contributed by atoms with E-state index < -0.39 is 6.03 Å². The summed E-state index contributed by atoms with van der Waals surface area (Å²) in [7, 11) is 0. The fourth-order valence-corrected chi connectivity index (χ4v) is 1.46. The quantitative estimate of drug-likeness (QED) is 0.647. The fourth-order valence-electron chi connectivity index (χ4n) is 1.46. The first-order valence-corrected chi connectivity index (χ1v) is 3.97. The normalized spacial score (nSPS) is 10.5. The molecule has 0 aliphatic rings. The number of hydrogen-bond acceptors (Lipinski definition) is 1. The number of aromatic nitrogens is 1. The van der Waals surface area contributed by atoms with Crippen LogP contribution in [0.5, 0.6) is 0 Å². The molecule has 0 spiro atoms. The Balaban J connectivity index is 2.85. The van der Waals surface area contributed by atoms with E-state index in [1.165, 1.54) is 4.57 Å². The molecule has 1 amide bonds. The summed E-state index contributed by atoms with van der Waals surface area (Å²) in [5.74, 6) is 0. The van der Waals surface area contributed by atoms with Gasteiger partial charge in [-0.1, -0.05) is 6.07 Å². The largest absolute Gasteiger partial charge is 0.351 e. The van der Waals surface area contributed by atoms with Crippen molar-refractivity contribution in [2.45, 2.75) is 6.92 Å². The summed E-state index contributed by atoms with van der Waals surface area (Å²) in [4.78, 5) is 11.0. The monoisotopic (exact) mass is 173 g/mol. The molecule has 2 rings (SSSR count). The van der Waals surface area contributed by atoms with Gasteiger partial charge < -0.3 is 5.73 Å². The molecule has 0 saturated heterocycles. The van der Waals surface area contributed by atoms with Gasteiger partial charge in [-0.3, -0.25) is 4.57 Å². The van der Waals surface area contributed by atoms with Crippen molar-refractivity contribution >= 4 is 16.9 Å². The van der Waals surface area contributed by atoms with E-state index in [-0.39, 0.29) is 0 Å². The molecule has 1 aromatic heterocycles. The van der Waals surface area contributed by atoms with E-state index in [1.807, 2.05) is 19.1 Å². The van der Waals surface area contributed by atoms with Crippen LogP contribution in [-0.2, 0) is 0 Å². The Bertz CT molecular complexity index is 471. The highest BCUT2D eigenvalue weighted by molar-refractivity contribution is 5.92. The van der Waals surface area contributed by atoms with Gasteiger partial charge in [0.2, 0.25) is 0 Å². The third-order valence-electron chi connectivity index (χ3n) is 2.09. The number of rotatable bonds is 0. The average Bonchev–Trinajstić information content (AvgIpc) is 2.45. The molecule has 1 aromatic carbocycles. The Kier molecular flexibility index (Phi) is 1.59. The number of nitrogens with zero attached hydrogens (tertiary/aromatic N) is 1. The zero-order chi connectivity index (χ0) is 9.42. The van der Waals surface area contributed by atoms with Gasteiger partial charge in [-0.2, -0.15) is 0 Å². The molecule has 0 atom stereocenters. The summed E-state index contributed by atoms with van der Waals surface area (Å²) in [6.07, 6.45) is 1.74. The predicted molar refractivity (Wildman–Crippen MR) is 50.5 cm³/mol. The average molecular weight is 173 g/mol. The van der Waals surface area contributed by atoms with Crippen molar-refractivity contribution in [2.24, 2.45) is 5.73 Å². The Morgan fingerprint density at radius 3 is 3.08 bits per heavy atom. The molecule has 2 N–H and O–H groups in total. The molecule has 65 valence electrons. The van der Waals surface area contributed by atoms with Crippen LogP contribution in [0.3, 0.4) is 0 Å². The first-order chi connectivity index (χ1) is 6.20. The number of nitrogens with two attached hydrogens (primary N) is 1. The van der Waals surface area contributed by atoms with Crippen LogP contribution in [0.2, 0.25) is 0 Å². The number of amides is 1. The molecule has 2 aromatic rings. The molecule has 0 unspecified atom stereocenters. The van der Waals surface area contributed by atoms with Gasteiger partial charge in [0.05, 0.1) is 5.52 Å². The number of aryl methyl sites for hydroxylation is 1. The Labute approximate surface area is 75.8 Å². The van der Waals surface area contributed by atoms with Crippen molar-refractivity contribution in [1.29, 1.82) is 0 Å². The lowest BCUT2D eigenvalue weighted by molar-refractivity contribution is 0.251. The topological polar surface area (TPSA) is 48.0 Å². The summed E-state index contributed by atoms with van der Waals surface area (Å²) in [5, 5.41) is 1.02. The maximum atomic E-state index is 11.0. The van der Waals surface area contributed by atoms with Crippen LogP contribution in [0.1, 0.15) is 5.56 Å². The Morgan fingerprint density at radius 2 is 2.38 bits per heavy atom. The lowest BCUT2D eigenvalue weighted by Crippen LogP contribution is -2.18. The van der Waals surface area contributed by atoms with Crippen molar-refractivity contribution in [3.63, 3.8) is 0 Å². The van der Waals surface area contributed by atoms with Crippen molar-refractivity contribution in [2.75, 3.05) is 0 Å². The SMILES string of the molecule is Cc1cn(C(N)=O)c2cc[c]cc12. The van der Waals surface area contributed by atoms with E-state index in [9.17, 15) is 4.79 Å². The summed E-state index contributed by atoms with van der Waals surface area (Å²) in [6, 6.07) is 7.95. The van der Waals surface area contributed by atoms with Crippen LogP contribution >= 0.6 is 0 Å². The van der Waals surface area contributed by atoms with Crippen molar-refractivity contribution in [1.82, 2.24) is 4.57 Å². The van der Waals surface area contributed by atoms with Gasteiger partial charge in [0, 0.05) is 11.6 Å². The second-order valence-corrected chi connectivity index (χ2v) is 2.96. The van der Waals surface area contributed by atoms with E-state index in [1.54, 1.807) is 12.3 Å². The summed E-state index contributed by atoms with van der Waals surface area (Å²) in [5.41, 5.74) is 7.08. The lowest BCUT2D eigenvalue weighted by atomic mass is 10.2. The standard InChI is InChI=1S/C10H9N2O/c1-7-6-12(10(11)13)9-5-3-2-4-8(7)9/h3-6H,1H3,(H2,11,13). The molecule has 3 heteroatoms. The molecular formula is C10H9N2O. The molecular weight excluding hydrogens is 164 g/mol. The highest BCUT2D eigenvalue weighted by atomic mass is 16.2. The molecule has 0 fully saturated rings. The zero-order valence-electron chi connectivity index (χ0n) is 7.24. The minimum atomic E-state index is -0.454. The smallest absolute Gasteiger partial charge is 0.323 e. The van der Waals surface area contributed by atoms with Gasteiger partial charge in [-0.25, -0.2) is 4.79 Å². The van der Waals surface area contributed by atoms with Crippen LogP contribution in [0.25, 0.3) is 10.9 Å². The Morgan fingerprint density at radius 1 is 1.62 bits per heavy atom. The molecule has 13 heavy (non-hydrogen) atoms. The Hall–Kier alpha value is -1.77. The molecule has 1 heterocycles. The van der Waals surface area contributed by atoms with Crippen molar-refractivity contribution in [3.8, 4) is 0 Å². The van der Waals surface area contributed by atoms with Crippen molar-refractivity contribution in [3.05, 3.63) is 36.0 Å². The predicted octanol–water partition coefficient (Wildman–Crippen LogP) is 1.68. The number of benzene rings is 1. The van der Waals surface area contributed by atoms with Crippen LogP contribution in [0, 0.1) is 13.0 Å². The minimum Gasteiger partial charge on any atom is -0.351 e. The highest BCUT2D eigenvalue weighted by Gasteiger charge is 2.06. The van der Waals surface area contributed by atoms with Gasteiger partial charge in [-0.15, -0.1) is 0 Å². The first-order valence-electron chi connectivity index (χ1n) is 3.97. The third-order valence-corrected chi connectivity index (χ3v) is 2.09. The molecule has 3 nitrogen and oxygen atoms in total. The molecule has 0 bridgehead atoms. The van der Waals surface area contributed by atoms with Gasteiger partial charge in [0.15, 0.2) is 0 Å². The van der Waals surface area contributed by atoms with E-state index in [4.69, 9.17) is 5.73 Å². The number of carbonyl (C=O) groups is 1. The number of fused-ring (bicyclic) bond motifs is 1. The fraction of sp³-hybridized carbons (Fsp3) is 0.100. The van der Waals surface area contributed by atoms with Gasteiger partial charge in [0.25, 0.3) is 0 Å². The summed E-state index contributed by atoms with van der Waals surface area (Å²) >= 11 is 0. The summed E-state index contributed by atoms with van der Waals surface area (Å²) < 4.78 is 1.44. The first kappa shape index (κ1) is 7.86. The summed E-state index contributed by atoms with van der Waals surface area (Å²) in [6.45, 7) is 1.94. The van der Waals surface area contributed by atoms with Gasteiger partial charge >= 0.3 is 6.03 Å². The van der Waals surface area contributed by atoms with Crippen molar-refractivity contribution < 1.29 is 4.79 Å². The maximum absolute atomic E-state index is 11.0. The lowest BCUT2D eigenvalue weighted by Gasteiger charge is -1.96. The maximum Gasteiger partial charge on any atom is 0.323 e. The molecule has 0 aliphatic carbocycles. The molecule has 1 radical (unpaired) electrons. The third kappa shape index (κ3) is 1.09. The number of carbonyl (C=O) groups excluding carboxylic acids is 1. The van der Waals surface area contributed by atoms with Crippen LogP contribution < -0.4 is 5.73 Å². The second kappa shape index (κ2) is 2.62. The number of primary amides is 1. The van der Waals surface area contributed by atoms with Crippen LogP contribution in [0.15, 0.2) is 24.4 Å². The zero-order valence-corrected chi connectivity index (χ0v) is 7.24.